The van der Waals surface area contributed by atoms with E-state index in [1.807, 2.05) is 6.07 Å². The zero-order valence-corrected chi connectivity index (χ0v) is 29.1. The van der Waals surface area contributed by atoms with Crippen LogP contribution in [0.5, 0.6) is 0 Å². The molecule has 0 bridgehead atoms. The molecule has 2 heteroatoms. The second kappa shape index (κ2) is 10.3. The fraction of sp³-hybridized carbons (Fsp3) is 0.191. The Hall–Kier alpha value is -5.34. The van der Waals surface area contributed by atoms with Crippen molar-refractivity contribution >= 4 is 60.5 Å². The van der Waals surface area contributed by atoms with Gasteiger partial charge in [-0.05, 0) is 79.6 Å². The first-order valence-electron chi connectivity index (χ1n) is 17.5. The summed E-state index contributed by atoms with van der Waals surface area (Å²) < 4.78 is 6.72. The summed E-state index contributed by atoms with van der Waals surface area (Å²) in [6.45, 7) is 14.6. The summed E-state index contributed by atoms with van der Waals surface area (Å²) in [6, 6.07) is 51.0. The smallest absolute Gasteiger partial charge is 0.159 e. The van der Waals surface area contributed by atoms with Crippen LogP contribution in [0.2, 0.25) is 0 Å². The molecule has 2 nitrogen and oxygen atoms in total. The fourth-order valence-corrected chi connectivity index (χ4v) is 9.74. The highest BCUT2D eigenvalue weighted by Crippen LogP contribution is 2.67. The minimum Gasteiger partial charge on any atom is -0.454 e. The molecule has 1 aliphatic carbocycles. The molecule has 7 aromatic carbocycles. The van der Waals surface area contributed by atoms with Gasteiger partial charge in [0, 0.05) is 27.3 Å². The maximum Gasteiger partial charge on any atom is 0.159 e. The highest BCUT2D eigenvalue weighted by molar-refractivity contribution is 6.17. The maximum absolute atomic E-state index is 6.72. The van der Waals surface area contributed by atoms with Crippen LogP contribution in [0.25, 0.3) is 54.6 Å². The van der Waals surface area contributed by atoms with Crippen LogP contribution in [-0.2, 0) is 5.41 Å². The van der Waals surface area contributed by atoms with Crippen LogP contribution in [0.15, 0.2) is 144 Å². The minimum atomic E-state index is -0.290. The van der Waals surface area contributed by atoms with Crippen LogP contribution < -0.4 is 4.90 Å². The van der Waals surface area contributed by atoms with Gasteiger partial charge in [-0.1, -0.05) is 151 Å². The summed E-state index contributed by atoms with van der Waals surface area (Å²) in [5.41, 5.74) is 10.1. The molecule has 0 N–H and O–H groups in total. The van der Waals surface area contributed by atoms with Crippen molar-refractivity contribution in [1.82, 2.24) is 0 Å². The summed E-state index contributed by atoms with van der Waals surface area (Å²) in [5.74, 6) is 0. The molecule has 8 aromatic rings. The lowest BCUT2D eigenvalue weighted by molar-refractivity contribution is 0.0952. The van der Waals surface area contributed by atoms with E-state index in [9.17, 15) is 0 Å². The van der Waals surface area contributed by atoms with Crippen molar-refractivity contribution < 1.29 is 4.42 Å². The van der Waals surface area contributed by atoms with Crippen molar-refractivity contribution in [3.05, 3.63) is 151 Å². The molecule has 49 heavy (non-hydrogen) atoms. The van der Waals surface area contributed by atoms with Gasteiger partial charge in [-0.15, -0.1) is 0 Å². The second-order valence-electron chi connectivity index (χ2n) is 15.7. The third-order valence-electron chi connectivity index (χ3n) is 11.1. The van der Waals surface area contributed by atoms with E-state index in [1.165, 1.54) is 43.8 Å². The third-order valence-corrected chi connectivity index (χ3v) is 11.1. The Morgan fingerprint density at radius 1 is 0.469 bits per heavy atom. The van der Waals surface area contributed by atoms with Crippen molar-refractivity contribution in [1.29, 1.82) is 0 Å². The lowest BCUT2D eigenvalue weighted by Gasteiger charge is -2.53. The van der Waals surface area contributed by atoms with Gasteiger partial charge in [-0.2, -0.15) is 0 Å². The number of furan rings is 1. The second-order valence-corrected chi connectivity index (χ2v) is 15.7. The summed E-state index contributed by atoms with van der Waals surface area (Å²) >= 11 is 0. The molecular formula is C47H41NO. The van der Waals surface area contributed by atoms with Gasteiger partial charge in [0.2, 0.25) is 0 Å². The van der Waals surface area contributed by atoms with E-state index in [0.29, 0.717) is 0 Å². The van der Waals surface area contributed by atoms with E-state index in [-0.39, 0.29) is 16.2 Å². The van der Waals surface area contributed by atoms with E-state index in [0.717, 1.165) is 39.0 Å². The molecule has 0 saturated heterocycles. The average Bonchev–Trinajstić information content (AvgIpc) is 3.64. The summed E-state index contributed by atoms with van der Waals surface area (Å²) in [7, 11) is 0. The molecule has 1 aliphatic rings. The summed E-state index contributed by atoms with van der Waals surface area (Å²) in [6.07, 6.45) is 0. The van der Waals surface area contributed by atoms with E-state index in [2.05, 4.69) is 180 Å². The number of fused-ring (bicyclic) bond motifs is 10. The number of rotatable bonds is 3. The van der Waals surface area contributed by atoms with Gasteiger partial charge < -0.3 is 9.32 Å². The number of benzene rings is 7. The lowest BCUT2D eigenvalue weighted by Crippen LogP contribution is -2.50. The Balaban J connectivity index is 1.47. The SMILES string of the molecule is CC(C)(C)C1(C(C)(C)C)c2ccc3ccccc3c2-c2c1cc(N(c1ccccc1)c1cccc3c1oc1ccccc13)c1ccccc21. The number of hydrogen-bond donors (Lipinski definition) is 0. The molecule has 240 valence electrons. The summed E-state index contributed by atoms with van der Waals surface area (Å²) in [5, 5.41) is 7.35. The predicted octanol–water partition coefficient (Wildman–Crippen LogP) is 13.7. The van der Waals surface area contributed by atoms with Gasteiger partial charge in [0.15, 0.2) is 5.58 Å². The highest BCUT2D eigenvalue weighted by atomic mass is 16.3. The van der Waals surface area contributed by atoms with Crippen molar-refractivity contribution in [2.75, 3.05) is 4.90 Å². The molecule has 0 fully saturated rings. The fourth-order valence-electron chi connectivity index (χ4n) is 9.74. The molecule has 0 unspecified atom stereocenters. The van der Waals surface area contributed by atoms with Crippen LogP contribution in [0.1, 0.15) is 52.7 Å². The molecule has 0 spiro atoms. The quantitative estimate of drug-likeness (QED) is 0.192. The zero-order chi connectivity index (χ0) is 33.7. The van der Waals surface area contributed by atoms with E-state index in [1.54, 1.807) is 0 Å². The molecule has 1 heterocycles. The monoisotopic (exact) mass is 635 g/mol. The van der Waals surface area contributed by atoms with Crippen molar-refractivity contribution in [2.45, 2.75) is 47.0 Å². The predicted molar refractivity (Wildman–Crippen MR) is 209 cm³/mol. The van der Waals surface area contributed by atoms with Gasteiger partial charge in [0.25, 0.3) is 0 Å². The van der Waals surface area contributed by atoms with E-state index < -0.39 is 0 Å². The van der Waals surface area contributed by atoms with E-state index >= 15 is 0 Å². The van der Waals surface area contributed by atoms with Crippen LogP contribution >= 0.6 is 0 Å². The number of nitrogens with zero attached hydrogens (tertiary/aromatic N) is 1. The van der Waals surface area contributed by atoms with Gasteiger partial charge in [0.05, 0.1) is 11.4 Å². The van der Waals surface area contributed by atoms with Crippen molar-refractivity contribution in [2.24, 2.45) is 10.8 Å². The van der Waals surface area contributed by atoms with Gasteiger partial charge >= 0.3 is 0 Å². The van der Waals surface area contributed by atoms with Gasteiger partial charge in [-0.3, -0.25) is 0 Å². The molecule has 0 radical (unpaired) electrons. The lowest BCUT2D eigenvalue weighted by atomic mass is 9.50. The molecule has 0 aliphatic heterocycles. The Kier molecular flexibility index (Phi) is 6.28. The average molecular weight is 636 g/mol. The third kappa shape index (κ3) is 4.01. The van der Waals surface area contributed by atoms with E-state index in [4.69, 9.17) is 4.42 Å². The first-order valence-corrected chi connectivity index (χ1v) is 17.5. The highest BCUT2D eigenvalue weighted by Gasteiger charge is 2.58. The van der Waals surface area contributed by atoms with Crippen LogP contribution in [0.3, 0.4) is 0 Å². The van der Waals surface area contributed by atoms with Gasteiger partial charge in [-0.25, -0.2) is 0 Å². The minimum absolute atomic E-state index is 0.107. The number of anilines is 3. The molecule has 0 saturated carbocycles. The Bertz CT molecular complexity index is 2560. The van der Waals surface area contributed by atoms with Crippen LogP contribution in [0.4, 0.5) is 17.1 Å². The largest absolute Gasteiger partial charge is 0.454 e. The molecule has 1 aromatic heterocycles. The van der Waals surface area contributed by atoms with Crippen LogP contribution in [-0.4, -0.2) is 0 Å². The Morgan fingerprint density at radius 2 is 1.06 bits per heavy atom. The van der Waals surface area contributed by atoms with Crippen molar-refractivity contribution in [3.8, 4) is 11.1 Å². The zero-order valence-electron chi connectivity index (χ0n) is 29.1. The number of hydrogen-bond acceptors (Lipinski definition) is 2. The molecule has 0 atom stereocenters. The van der Waals surface area contributed by atoms with Crippen LogP contribution in [0, 0.1) is 10.8 Å². The Labute approximate surface area is 288 Å². The first-order chi connectivity index (χ1) is 23.6. The maximum atomic E-state index is 6.72. The van der Waals surface area contributed by atoms with Gasteiger partial charge in [0.1, 0.15) is 5.58 Å². The standard InChI is InChI=1S/C47H41NO/c1-45(2,3)47(46(4,5)6)37-28-27-30-17-10-11-20-32(30)42(37)43-35-23-13-12-21-33(35)40(29-38(43)47)48(31-18-8-7-9-19-31)39-25-16-24-36-34-22-14-15-26-41(34)49-44(36)39/h7-29H,1-6H3. The molecule has 9 rings (SSSR count). The normalized spacial score (nSPS) is 14.1. The van der Waals surface area contributed by atoms with Crippen molar-refractivity contribution in [3.63, 3.8) is 0 Å². The topological polar surface area (TPSA) is 16.4 Å². The molecular weight excluding hydrogens is 595 g/mol. The molecule has 0 amide bonds. The number of para-hydroxylation sites is 3. The summed E-state index contributed by atoms with van der Waals surface area (Å²) in [4.78, 5) is 2.44. The first kappa shape index (κ1) is 29.8. The Morgan fingerprint density at radius 3 is 1.80 bits per heavy atom.